The summed E-state index contributed by atoms with van der Waals surface area (Å²) in [4.78, 5) is 15.6. The van der Waals surface area contributed by atoms with Crippen LogP contribution in [0.1, 0.15) is 47.4 Å². The third-order valence-corrected chi connectivity index (χ3v) is 8.52. The van der Waals surface area contributed by atoms with Gasteiger partial charge in [-0.05, 0) is 60.2 Å². The lowest BCUT2D eigenvalue weighted by Gasteiger charge is -2.37. The van der Waals surface area contributed by atoms with E-state index in [9.17, 15) is 9.90 Å². The summed E-state index contributed by atoms with van der Waals surface area (Å²) in [6.07, 6.45) is 2.54. The van der Waals surface area contributed by atoms with Crippen LogP contribution in [-0.2, 0) is 29.1 Å². The molecule has 3 aromatic carbocycles. The standard InChI is InChI=1S/C35H45N3O6/c1-41-33-8-3-2-6-29(33)25-42-20-5-21-43-30-13-11-27(12-14-30)31-15-18-38(35(39)40)23-34(31)44-24-26-9-10-28-7-4-17-37(19-16-36)32(28)22-26/h2-3,6,8-14,22,31,34H,4-5,7,15-21,23-25,36H2,1H3,(H,39,40)/t31-,34+/m1/s1. The van der Waals surface area contributed by atoms with Crippen molar-refractivity contribution in [2.24, 2.45) is 5.73 Å². The highest BCUT2D eigenvalue weighted by atomic mass is 16.5. The summed E-state index contributed by atoms with van der Waals surface area (Å²) in [5.41, 5.74) is 11.7. The number of aryl methyl sites for hydroxylation is 1. The number of fused-ring (bicyclic) bond motifs is 1. The van der Waals surface area contributed by atoms with E-state index in [0.29, 0.717) is 52.5 Å². The van der Waals surface area contributed by atoms with Gasteiger partial charge in [-0.1, -0.05) is 42.5 Å². The smallest absolute Gasteiger partial charge is 0.407 e. The largest absolute Gasteiger partial charge is 0.496 e. The van der Waals surface area contributed by atoms with Crippen LogP contribution in [-0.4, -0.2) is 75.3 Å². The molecule has 236 valence electrons. The molecule has 9 nitrogen and oxygen atoms in total. The molecule has 2 aliphatic rings. The fourth-order valence-corrected chi connectivity index (χ4v) is 6.18. The molecule has 1 fully saturated rings. The summed E-state index contributed by atoms with van der Waals surface area (Å²) >= 11 is 0. The Morgan fingerprint density at radius 3 is 2.66 bits per heavy atom. The van der Waals surface area contributed by atoms with Gasteiger partial charge in [0.25, 0.3) is 0 Å². The number of para-hydroxylation sites is 1. The molecule has 3 N–H and O–H groups in total. The zero-order valence-electron chi connectivity index (χ0n) is 25.7. The first-order valence-electron chi connectivity index (χ1n) is 15.6. The maximum Gasteiger partial charge on any atom is 0.407 e. The van der Waals surface area contributed by atoms with Gasteiger partial charge in [0, 0.05) is 49.8 Å². The first-order valence-corrected chi connectivity index (χ1v) is 15.6. The molecule has 0 spiro atoms. The highest BCUT2D eigenvalue weighted by Gasteiger charge is 2.33. The summed E-state index contributed by atoms with van der Waals surface area (Å²) in [6.45, 7) is 5.39. The molecule has 2 aliphatic heterocycles. The number of carbonyl (C=O) groups is 1. The summed E-state index contributed by atoms with van der Waals surface area (Å²) in [6, 6.07) is 22.5. The average molecular weight is 604 g/mol. The van der Waals surface area contributed by atoms with Gasteiger partial charge >= 0.3 is 6.09 Å². The number of anilines is 1. The Morgan fingerprint density at radius 1 is 1.02 bits per heavy atom. The molecule has 2 atom stereocenters. The minimum atomic E-state index is -0.904. The van der Waals surface area contributed by atoms with Gasteiger partial charge in [-0.2, -0.15) is 0 Å². The minimum absolute atomic E-state index is 0.0920. The first kappa shape index (κ1) is 31.6. The molecule has 3 aromatic rings. The maximum atomic E-state index is 11.8. The number of nitrogens with two attached hydrogens (primary N) is 1. The molecule has 0 aromatic heterocycles. The monoisotopic (exact) mass is 603 g/mol. The SMILES string of the molecule is COc1ccccc1COCCCOc1ccc([C@H]2CCN(C(=O)O)C[C@@H]2OCc2ccc3c(c2)N(CCN)CCC3)cc1. The Hall–Kier alpha value is -3.79. The van der Waals surface area contributed by atoms with E-state index in [1.807, 2.05) is 36.4 Å². The number of hydrogen-bond donors (Lipinski definition) is 2. The van der Waals surface area contributed by atoms with E-state index in [-0.39, 0.29) is 12.0 Å². The fraction of sp³-hybridized carbons (Fsp3) is 0.457. The van der Waals surface area contributed by atoms with Crippen molar-refractivity contribution in [3.05, 3.63) is 89.0 Å². The van der Waals surface area contributed by atoms with Gasteiger partial charge in [0.2, 0.25) is 0 Å². The molecule has 9 heteroatoms. The van der Waals surface area contributed by atoms with Crippen LogP contribution in [0.4, 0.5) is 10.5 Å². The lowest BCUT2D eigenvalue weighted by Crippen LogP contribution is -2.46. The van der Waals surface area contributed by atoms with Crippen molar-refractivity contribution in [1.82, 2.24) is 4.90 Å². The number of methoxy groups -OCH3 is 1. The van der Waals surface area contributed by atoms with Crippen LogP contribution in [0.15, 0.2) is 66.7 Å². The molecule has 0 aliphatic carbocycles. The van der Waals surface area contributed by atoms with E-state index >= 15 is 0 Å². The highest BCUT2D eigenvalue weighted by molar-refractivity contribution is 5.65. The van der Waals surface area contributed by atoms with E-state index in [0.717, 1.165) is 60.5 Å². The van der Waals surface area contributed by atoms with Gasteiger partial charge in [0.05, 0.1) is 46.2 Å². The lowest BCUT2D eigenvalue weighted by molar-refractivity contribution is -0.0199. The van der Waals surface area contributed by atoms with E-state index in [1.165, 1.54) is 16.2 Å². The van der Waals surface area contributed by atoms with Gasteiger partial charge < -0.3 is 39.6 Å². The summed E-state index contributed by atoms with van der Waals surface area (Å²) < 4.78 is 23.6. The number of piperidine rings is 1. The minimum Gasteiger partial charge on any atom is -0.496 e. The third-order valence-electron chi connectivity index (χ3n) is 8.52. The molecule has 44 heavy (non-hydrogen) atoms. The normalized spacial score (nSPS) is 18.1. The van der Waals surface area contributed by atoms with E-state index in [2.05, 4.69) is 35.2 Å². The zero-order chi connectivity index (χ0) is 30.7. The molecule has 0 radical (unpaired) electrons. The van der Waals surface area contributed by atoms with Crippen molar-refractivity contribution in [1.29, 1.82) is 0 Å². The Labute approximate surface area is 260 Å². The van der Waals surface area contributed by atoms with Crippen LogP contribution in [0.2, 0.25) is 0 Å². The number of amides is 1. The number of benzene rings is 3. The molecule has 5 rings (SSSR count). The van der Waals surface area contributed by atoms with Gasteiger partial charge in [0.15, 0.2) is 0 Å². The molecule has 1 amide bonds. The second kappa shape index (κ2) is 15.8. The van der Waals surface area contributed by atoms with Crippen molar-refractivity contribution < 1.29 is 28.8 Å². The van der Waals surface area contributed by atoms with Crippen LogP contribution in [0.5, 0.6) is 11.5 Å². The molecule has 1 saturated heterocycles. The van der Waals surface area contributed by atoms with E-state index in [4.69, 9.17) is 24.7 Å². The molecule has 0 saturated carbocycles. The molecule has 0 bridgehead atoms. The van der Waals surface area contributed by atoms with Crippen molar-refractivity contribution in [3.8, 4) is 11.5 Å². The van der Waals surface area contributed by atoms with Crippen molar-refractivity contribution in [3.63, 3.8) is 0 Å². The molecule has 0 unspecified atom stereocenters. The number of rotatable bonds is 14. The predicted molar refractivity (Wildman–Crippen MR) is 171 cm³/mol. The lowest BCUT2D eigenvalue weighted by atomic mass is 9.87. The number of carboxylic acid groups (broad SMARTS) is 1. The van der Waals surface area contributed by atoms with Crippen LogP contribution in [0, 0.1) is 0 Å². The van der Waals surface area contributed by atoms with Crippen molar-refractivity contribution in [2.75, 3.05) is 57.9 Å². The van der Waals surface area contributed by atoms with Crippen LogP contribution < -0.4 is 20.1 Å². The third kappa shape index (κ3) is 8.22. The number of ether oxygens (including phenoxy) is 4. The van der Waals surface area contributed by atoms with Crippen LogP contribution in [0.25, 0.3) is 0 Å². The zero-order valence-corrected chi connectivity index (χ0v) is 25.7. The predicted octanol–water partition coefficient (Wildman–Crippen LogP) is 5.44. The van der Waals surface area contributed by atoms with Gasteiger partial charge in [-0.15, -0.1) is 0 Å². The van der Waals surface area contributed by atoms with Crippen LogP contribution in [0.3, 0.4) is 0 Å². The number of hydrogen-bond acceptors (Lipinski definition) is 7. The molecular formula is C35H45N3O6. The van der Waals surface area contributed by atoms with Gasteiger partial charge in [0.1, 0.15) is 11.5 Å². The Balaban J connectivity index is 1.14. The summed E-state index contributed by atoms with van der Waals surface area (Å²) in [5.74, 6) is 1.72. The fourth-order valence-electron chi connectivity index (χ4n) is 6.18. The second-order valence-corrected chi connectivity index (χ2v) is 11.5. The van der Waals surface area contributed by atoms with Gasteiger partial charge in [-0.3, -0.25) is 0 Å². The van der Waals surface area contributed by atoms with Crippen LogP contribution >= 0.6 is 0 Å². The summed E-state index contributed by atoms with van der Waals surface area (Å²) in [7, 11) is 1.66. The number of nitrogens with zero attached hydrogens (tertiary/aromatic N) is 2. The van der Waals surface area contributed by atoms with Crippen molar-refractivity contribution >= 4 is 11.8 Å². The highest BCUT2D eigenvalue weighted by Crippen LogP contribution is 2.33. The first-order chi connectivity index (χ1) is 21.6. The topological polar surface area (TPSA) is 107 Å². The van der Waals surface area contributed by atoms with Crippen molar-refractivity contribution in [2.45, 2.75) is 50.9 Å². The van der Waals surface area contributed by atoms with E-state index < -0.39 is 6.09 Å². The Morgan fingerprint density at radius 2 is 1.86 bits per heavy atom. The average Bonchev–Trinajstić information content (AvgIpc) is 3.06. The van der Waals surface area contributed by atoms with Gasteiger partial charge in [-0.25, -0.2) is 4.79 Å². The molecule has 2 heterocycles. The molecular weight excluding hydrogens is 558 g/mol. The van der Waals surface area contributed by atoms with E-state index in [1.54, 1.807) is 7.11 Å². The Kier molecular flexibility index (Phi) is 11.4. The number of likely N-dealkylation sites (tertiary alicyclic amines) is 1. The quantitative estimate of drug-likeness (QED) is 0.235. The maximum absolute atomic E-state index is 11.8. The Bertz CT molecular complexity index is 1350. The second-order valence-electron chi connectivity index (χ2n) is 11.5. The summed E-state index contributed by atoms with van der Waals surface area (Å²) in [5, 5.41) is 9.69.